The van der Waals surface area contributed by atoms with Crippen molar-refractivity contribution >= 4 is 29.1 Å². The Morgan fingerprint density at radius 1 is 1.28 bits per heavy atom. The molecule has 14 heteroatoms. The summed E-state index contributed by atoms with van der Waals surface area (Å²) < 4.78 is 50.7. The van der Waals surface area contributed by atoms with Crippen LogP contribution in [0.4, 0.5) is 19.0 Å². The van der Waals surface area contributed by atoms with Crippen molar-refractivity contribution in [3.8, 4) is 17.0 Å². The summed E-state index contributed by atoms with van der Waals surface area (Å²) in [6.07, 6.45) is -1.63. The SMILES string of the molecule is C[C@@H](C1CC1)N1Cc2cc(-c3ccn4nc(N)c(C(=O)N[C@@H]5COCC5=O)c4n3)cc(OC(F)(F)F)c2C1=O. The number of alkyl halides is 3. The van der Waals surface area contributed by atoms with Gasteiger partial charge in [0.25, 0.3) is 11.8 Å². The number of hydrogen-bond acceptors (Lipinski definition) is 8. The van der Waals surface area contributed by atoms with Crippen molar-refractivity contribution in [1.29, 1.82) is 0 Å². The zero-order chi connectivity index (χ0) is 27.6. The third-order valence-corrected chi connectivity index (χ3v) is 7.28. The maximum Gasteiger partial charge on any atom is 0.573 e. The maximum absolute atomic E-state index is 13.3. The average Bonchev–Trinajstić information content (AvgIpc) is 3.44. The summed E-state index contributed by atoms with van der Waals surface area (Å²) in [6, 6.07) is 3.25. The monoisotopic (exact) mass is 544 g/mol. The molecule has 6 rings (SSSR count). The lowest BCUT2D eigenvalue weighted by atomic mass is 10.0. The number of fused-ring (bicyclic) bond motifs is 2. The van der Waals surface area contributed by atoms with Crippen molar-refractivity contribution in [2.45, 2.75) is 44.8 Å². The van der Waals surface area contributed by atoms with Crippen LogP contribution in [0.5, 0.6) is 5.75 Å². The van der Waals surface area contributed by atoms with E-state index in [2.05, 4.69) is 20.1 Å². The highest BCUT2D eigenvalue weighted by Gasteiger charge is 2.42. The molecule has 204 valence electrons. The highest BCUT2D eigenvalue weighted by molar-refractivity contribution is 6.06. The summed E-state index contributed by atoms with van der Waals surface area (Å²) in [4.78, 5) is 44.0. The van der Waals surface area contributed by atoms with Crippen LogP contribution in [0, 0.1) is 5.92 Å². The van der Waals surface area contributed by atoms with Gasteiger partial charge in [-0.15, -0.1) is 18.3 Å². The quantitative estimate of drug-likeness (QED) is 0.482. The maximum atomic E-state index is 13.3. The fraction of sp³-hybridized carbons (Fsp3) is 0.400. The lowest BCUT2D eigenvalue weighted by Gasteiger charge is -2.24. The summed E-state index contributed by atoms with van der Waals surface area (Å²) in [5, 5.41) is 6.63. The first-order valence-corrected chi connectivity index (χ1v) is 12.3. The molecule has 2 fully saturated rings. The van der Waals surface area contributed by atoms with Gasteiger partial charge in [0.15, 0.2) is 17.2 Å². The fourth-order valence-electron chi connectivity index (χ4n) is 5.10. The number of Topliss-reactive ketones (excluding diaryl/α,β-unsaturated/α-hetero) is 1. The van der Waals surface area contributed by atoms with Crippen LogP contribution in [0.15, 0.2) is 24.4 Å². The van der Waals surface area contributed by atoms with Crippen LogP contribution in [-0.4, -0.2) is 68.8 Å². The first kappa shape index (κ1) is 25.1. The summed E-state index contributed by atoms with van der Waals surface area (Å²) in [6.45, 7) is 1.94. The second-order valence-corrected chi connectivity index (χ2v) is 9.92. The van der Waals surface area contributed by atoms with E-state index in [1.165, 1.54) is 16.8 Å². The third-order valence-electron chi connectivity index (χ3n) is 7.28. The smallest absolute Gasteiger partial charge is 0.405 e. The molecule has 0 radical (unpaired) electrons. The van der Waals surface area contributed by atoms with E-state index in [1.54, 1.807) is 11.0 Å². The predicted molar refractivity (Wildman–Crippen MR) is 129 cm³/mol. The molecule has 1 saturated carbocycles. The number of anilines is 1. The minimum atomic E-state index is -5.02. The number of nitrogen functional groups attached to an aromatic ring is 1. The van der Waals surface area contributed by atoms with Crippen LogP contribution in [0.2, 0.25) is 0 Å². The van der Waals surface area contributed by atoms with Crippen molar-refractivity contribution in [3.63, 3.8) is 0 Å². The van der Waals surface area contributed by atoms with Crippen molar-refractivity contribution < 1.29 is 37.0 Å². The van der Waals surface area contributed by atoms with E-state index >= 15 is 0 Å². The zero-order valence-electron chi connectivity index (χ0n) is 20.6. The van der Waals surface area contributed by atoms with Crippen molar-refractivity contribution in [1.82, 2.24) is 24.8 Å². The first-order chi connectivity index (χ1) is 18.5. The van der Waals surface area contributed by atoms with E-state index in [0.717, 1.165) is 18.9 Å². The summed E-state index contributed by atoms with van der Waals surface area (Å²) in [5.41, 5.74) is 6.62. The second-order valence-electron chi connectivity index (χ2n) is 9.92. The van der Waals surface area contributed by atoms with Gasteiger partial charge >= 0.3 is 6.36 Å². The molecule has 11 nitrogen and oxygen atoms in total. The molecule has 0 unspecified atom stereocenters. The molecular formula is C25H23F3N6O5. The van der Waals surface area contributed by atoms with Crippen LogP contribution in [-0.2, 0) is 16.1 Å². The van der Waals surface area contributed by atoms with Gasteiger partial charge in [-0.1, -0.05) is 0 Å². The van der Waals surface area contributed by atoms with Gasteiger partial charge in [0, 0.05) is 24.3 Å². The molecule has 4 heterocycles. The number of ketones is 1. The van der Waals surface area contributed by atoms with Crippen LogP contribution >= 0.6 is 0 Å². The minimum absolute atomic E-state index is 0.0224. The molecule has 2 aliphatic heterocycles. The van der Waals surface area contributed by atoms with Gasteiger partial charge in [0.05, 0.1) is 17.9 Å². The lowest BCUT2D eigenvalue weighted by molar-refractivity contribution is -0.274. The number of ether oxygens (including phenoxy) is 2. The van der Waals surface area contributed by atoms with E-state index in [9.17, 15) is 27.6 Å². The Balaban J connectivity index is 1.40. The van der Waals surface area contributed by atoms with Gasteiger partial charge < -0.3 is 25.4 Å². The average molecular weight is 544 g/mol. The number of amides is 2. The topological polar surface area (TPSA) is 141 Å². The Labute approximate surface area is 219 Å². The molecule has 0 spiro atoms. The molecular weight excluding hydrogens is 521 g/mol. The number of benzene rings is 1. The molecule has 3 N–H and O–H groups in total. The number of nitrogens with one attached hydrogen (secondary N) is 1. The van der Waals surface area contributed by atoms with Gasteiger partial charge in [-0.3, -0.25) is 14.4 Å². The third kappa shape index (κ3) is 4.54. The number of hydrogen-bond donors (Lipinski definition) is 2. The van der Waals surface area contributed by atoms with Crippen LogP contribution in [0.1, 0.15) is 46.0 Å². The number of nitrogens with zero attached hydrogens (tertiary/aromatic N) is 4. The van der Waals surface area contributed by atoms with Gasteiger partial charge in [-0.2, -0.15) is 0 Å². The number of halogens is 3. The number of aromatic nitrogens is 3. The molecule has 2 aromatic heterocycles. The molecule has 3 aromatic rings. The van der Waals surface area contributed by atoms with Gasteiger partial charge in [-0.25, -0.2) is 9.50 Å². The van der Waals surface area contributed by atoms with Crippen molar-refractivity contribution in [2.75, 3.05) is 18.9 Å². The van der Waals surface area contributed by atoms with E-state index in [1.807, 2.05) is 6.92 Å². The second kappa shape index (κ2) is 8.93. The molecule has 2 amide bonds. The highest BCUT2D eigenvalue weighted by atomic mass is 19.4. The Hall–Kier alpha value is -4.20. The molecule has 39 heavy (non-hydrogen) atoms. The molecule has 2 atom stereocenters. The summed E-state index contributed by atoms with van der Waals surface area (Å²) in [5.74, 6) is -1.93. The van der Waals surface area contributed by atoms with Gasteiger partial charge in [0.1, 0.15) is 24.0 Å². The predicted octanol–water partition coefficient (Wildman–Crippen LogP) is 2.33. The molecule has 0 bridgehead atoms. The Morgan fingerprint density at radius 3 is 2.72 bits per heavy atom. The molecule has 3 aliphatic rings. The lowest BCUT2D eigenvalue weighted by Crippen LogP contribution is -2.40. The van der Waals surface area contributed by atoms with Crippen LogP contribution < -0.4 is 15.8 Å². The Kier molecular flexibility index (Phi) is 5.75. The van der Waals surface area contributed by atoms with E-state index in [0.29, 0.717) is 11.5 Å². The normalized spacial score (nSPS) is 20.0. The minimum Gasteiger partial charge on any atom is -0.405 e. The largest absolute Gasteiger partial charge is 0.573 e. The fourth-order valence-corrected chi connectivity index (χ4v) is 5.10. The van der Waals surface area contributed by atoms with E-state index in [4.69, 9.17) is 10.5 Å². The van der Waals surface area contributed by atoms with Crippen molar-refractivity contribution in [2.24, 2.45) is 5.92 Å². The van der Waals surface area contributed by atoms with Crippen molar-refractivity contribution in [3.05, 3.63) is 41.1 Å². The Morgan fingerprint density at radius 2 is 2.05 bits per heavy atom. The summed E-state index contributed by atoms with van der Waals surface area (Å²) in [7, 11) is 0. The first-order valence-electron chi connectivity index (χ1n) is 12.3. The zero-order valence-corrected chi connectivity index (χ0v) is 20.6. The van der Waals surface area contributed by atoms with Gasteiger partial charge in [-0.05, 0) is 49.4 Å². The molecule has 1 aromatic carbocycles. The Bertz CT molecular complexity index is 1530. The standard InChI is InChI=1S/C25H23F3N6O5/c1-11(12-2-3-12)33-8-14-6-13(7-18(19(14)24(33)37)39-25(26,27)28)15-4-5-34-22(30-15)20(21(29)32-34)23(36)31-16-9-38-10-17(16)35/h4-7,11-12,16H,2-3,8-10H2,1H3,(H2,29,32)(H,31,36)/t11-,16+/m0/s1. The highest BCUT2D eigenvalue weighted by Crippen LogP contribution is 2.42. The number of rotatable bonds is 6. The van der Waals surface area contributed by atoms with Gasteiger partial charge in [0.2, 0.25) is 0 Å². The van der Waals surface area contributed by atoms with Crippen LogP contribution in [0.3, 0.4) is 0 Å². The van der Waals surface area contributed by atoms with E-state index < -0.39 is 30.0 Å². The number of carbonyl (C=O) groups excluding carboxylic acids is 3. The molecule has 1 saturated heterocycles. The molecule has 1 aliphatic carbocycles. The van der Waals surface area contributed by atoms with E-state index in [-0.39, 0.29) is 65.4 Å². The number of carbonyl (C=O) groups is 3. The van der Waals surface area contributed by atoms with Crippen LogP contribution in [0.25, 0.3) is 16.9 Å². The summed E-state index contributed by atoms with van der Waals surface area (Å²) >= 11 is 0. The number of nitrogens with two attached hydrogens (primary N) is 1.